The van der Waals surface area contributed by atoms with E-state index in [2.05, 4.69) is 14.9 Å². The first-order valence-corrected chi connectivity index (χ1v) is 6.34. The number of halogens is 1. The van der Waals surface area contributed by atoms with Crippen LogP contribution in [0.3, 0.4) is 0 Å². The third-order valence-electron chi connectivity index (χ3n) is 2.54. The molecule has 4 nitrogen and oxygen atoms in total. The van der Waals surface area contributed by atoms with E-state index in [9.17, 15) is 0 Å². The number of fused-ring (bicyclic) bond motifs is 1. The summed E-state index contributed by atoms with van der Waals surface area (Å²) in [6.07, 6.45) is 0. The van der Waals surface area contributed by atoms with E-state index in [-0.39, 0.29) is 0 Å². The molecule has 1 aliphatic heterocycles. The summed E-state index contributed by atoms with van der Waals surface area (Å²) in [4.78, 5) is 10.9. The van der Waals surface area contributed by atoms with Gasteiger partial charge in [-0.05, 0) is 11.4 Å². The molecule has 1 fully saturated rings. The first-order chi connectivity index (χ1) is 7.84. The lowest BCUT2D eigenvalue weighted by molar-refractivity contribution is 0.122. The fourth-order valence-electron chi connectivity index (χ4n) is 1.72. The highest BCUT2D eigenvalue weighted by Gasteiger charge is 2.16. The van der Waals surface area contributed by atoms with E-state index >= 15 is 0 Å². The molecule has 1 aliphatic rings. The Kier molecular flexibility index (Phi) is 2.67. The number of nitrogens with zero attached hydrogens (tertiary/aromatic N) is 3. The van der Waals surface area contributed by atoms with Crippen LogP contribution in [0.5, 0.6) is 0 Å². The zero-order valence-corrected chi connectivity index (χ0v) is 10.1. The summed E-state index contributed by atoms with van der Waals surface area (Å²) in [7, 11) is 0. The first kappa shape index (κ1) is 10.3. The van der Waals surface area contributed by atoms with E-state index in [1.54, 1.807) is 11.3 Å². The Balaban J connectivity index is 2.02. The smallest absolute Gasteiger partial charge is 0.227 e. The minimum absolute atomic E-state index is 0.543. The molecule has 0 radical (unpaired) electrons. The summed E-state index contributed by atoms with van der Waals surface area (Å²) in [6.45, 7) is 3.10. The van der Waals surface area contributed by atoms with Crippen LogP contribution in [-0.4, -0.2) is 36.3 Å². The molecule has 0 aromatic carbocycles. The summed E-state index contributed by atoms with van der Waals surface area (Å²) in [5.74, 6) is 0.708. The van der Waals surface area contributed by atoms with Crippen LogP contribution >= 0.6 is 22.9 Å². The molecule has 2 aromatic heterocycles. The molecule has 0 N–H and O–H groups in total. The summed E-state index contributed by atoms with van der Waals surface area (Å²) < 4.78 is 6.25. The largest absolute Gasteiger partial charge is 0.378 e. The molecule has 0 spiro atoms. The van der Waals surface area contributed by atoms with Gasteiger partial charge in [0.2, 0.25) is 5.95 Å². The zero-order chi connectivity index (χ0) is 11.0. The van der Waals surface area contributed by atoms with Gasteiger partial charge in [0.25, 0.3) is 0 Å². The van der Waals surface area contributed by atoms with Crippen LogP contribution in [0.2, 0.25) is 5.15 Å². The Labute approximate surface area is 102 Å². The molecule has 0 unspecified atom stereocenters. The lowest BCUT2D eigenvalue weighted by Crippen LogP contribution is -2.37. The van der Waals surface area contributed by atoms with Crippen LogP contribution in [0, 0.1) is 0 Å². The molecule has 3 heterocycles. The van der Waals surface area contributed by atoms with Crippen molar-refractivity contribution >= 4 is 39.1 Å². The Morgan fingerprint density at radius 2 is 2.12 bits per heavy atom. The summed E-state index contributed by atoms with van der Waals surface area (Å²) in [6, 6.07) is 1.97. The van der Waals surface area contributed by atoms with Crippen molar-refractivity contribution in [3.8, 4) is 0 Å². The van der Waals surface area contributed by atoms with E-state index in [1.165, 1.54) is 0 Å². The summed E-state index contributed by atoms with van der Waals surface area (Å²) in [5, 5.41) is 2.52. The first-order valence-electron chi connectivity index (χ1n) is 5.08. The fourth-order valence-corrected chi connectivity index (χ4v) is 2.74. The topological polar surface area (TPSA) is 38.2 Å². The molecule has 6 heteroatoms. The number of rotatable bonds is 1. The standard InChI is InChI=1S/C10H10ClN3OS/c11-9-8-7(1-6-16-8)12-10(13-9)14-2-4-15-5-3-14/h1,6H,2-5H2. The van der Waals surface area contributed by atoms with E-state index in [0.717, 1.165) is 36.5 Å². The normalized spacial score (nSPS) is 16.9. The summed E-state index contributed by atoms with van der Waals surface area (Å²) >= 11 is 7.69. The van der Waals surface area contributed by atoms with Crippen molar-refractivity contribution in [2.45, 2.75) is 0 Å². The molecular formula is C10H10ClN3OS. The minimum atomic E-state index is 0.543. The predicted molar refractivity (Wildman–Crippen MR) is 65.5 cm³/mol. The third-order valence-corrected chi connectivity index (χ3v) is 3.84. The third kappa shape index (κ3) is 1.75. The van der Waals surface area contributed by atoms with E-state index in [4.69, 9.17) is 16.3 Å². The Bertz CT molecular complexity index is 510. The van der Waals surface area contributed by atoms with Crippen LogP contribution in [-0.2, 0) is 4.74 Å². The molecule has 0 bridgehead atoms. The molecule has 16 heavy (non-hydrogen) atoms. The highest BCUT2D eigenvalue weighted by Crippen LogP contribution is 2.28. The van der Waals surface area contributed by atoms with Gasteiger partial charge in [-0.1, -0.05) is 11.6 Å². The van der Waals surface area contributed by atoms with Gasteiger partial charge in [0.05, 0.1) is 23.4 Å². The molecule has 84 valence electrons. The van der Waals surface area contributed by atoms with Crippen LogP contribution in [0.25, 0.3) is 10.2 Å². The number of anilines is 1. The number of ether oxygens (including phenoxy) is 1. The number of aromatic nitrogens is 2. The highest BCUT2D eigenvalue weighted by atomic mass is 35.5. The van der Waals surface area contributed by atoms with Crippen molar-refractivity contribution in [2.24, 2.45) is 0 Å². The number of hydrogen-bond donors (Lipinski definition) is 0. The Morgan fingerprint density at radius 3 is 2.94 bits per heavy atom. The van der Waals surface area contributed by atoms with Gasteiger partial charge in [-0.25, -0.2) is 4.98 Å². The highest BCUT2D eigenvalue weighted by molar-refractivity contribution is 7.17. The Hall–Kier alpha value is -0.910. The molecule has 3 rings (SSSR count). The van der Waals surface area contributed by atoms with Gasteiger partial charge in [-0.2, -0.15) is 4.98 Å². The molecule has 0 saturated carbocycles. The fraction of sp³-hybridized carbons (Fsp3) is 0.400. The average molecular weight is 256 g/mol. The quantitative estimate of drug-likeness (QED) is 0.732. The van der Waals surface area contributed by atoms with Gasteiger partial charge in [0.1, 0.15) is 0 Å². The van der Waals surface area contributed by atoms with Gasteiger partial charge < -0.3 is 9.64 Å². The maximum atomic E-state index is 6.12. The Morgan fingerprint density at radius 1 is 1.31 bits per heavy atom. The summed E-state index contributed by atoms with van der Waals surface area (Å²) in [5.41, 5.74) is 0.923. The van der Waals surface area contributed by atoms with Crippen molar-refractivity contribution in [1.82, 2.24) is 9.97 Å². The van der Waals surface area contributed by atoms with Gasteiger partial charge in [0.15, 0.2) is 5.15 Å². The monoisotopic (exact) mass is 255 g/mol. The number of morpholine rings is 1. The van der Waals surface area contributed by atoms with Gasteiger partial charge in [0, 0.05) is 13.1 Å². The van der Waals surface area contributed by atoms with Crippen molar-refractivity contribution in [3.63, 3.8) is 0 Å². The lowest BCUT2D eigenvalue weighted by Gasteiger charge is -2.26. The van der Waals surface area contributed by atoms with Crippen LogP contribution in [0.1, 0.15) is 0 Å². The molecule has 0 aliphatic carbocycles. The average Bonchev–Trinajstić information content (AvgIpc) is 2.79. The molecular weight excluding hydrogens is 246 g/mol. The number of hydrogen-bond acceptors (Lipinski definition) is 5. The number of thiophene rings is 1. The van der Waals surface area contributed by atoms with Gasteiger partial charge in [-0.15, -0.1) is 11.3 Å². The van der Waals surface area contributed by atoms with Crippen molar-refractivity contribution in [3.05, 3.63) is 16.6 Å². The molecule has 0 amide bonds. The molecule has 1 saturated heterocycles. The van der Waals surface area contributed by atoms with Crippen molar-refractivity contribution in [2.75, 3.05) is 31.2 Å². The van der Waals surface area contributed by atoms with E-state index in [1.807, 2.05) is 11.4 Å². The van der Waals surface area contributed by atoms with Crippen molar-refractivity contribution < 1.29 is 4.74 Å². The van der Waals surface area contributed by atoms with Gasteiger partial charge >= 0.3 is 0 Å². The SMILES string of the molecule is Clc1nc(N2CCOCC2)nc2ccsc12. The molecule has 2 aromatic rings. The zero-order valence-electron chi connectivity index (χ0n) is 8.52. The second-order valence-corrected chi connectivity index (χ2v) is 4.82. The van der Waals surface area contributed by atoms with Crippen LogP contribution in [0.15, 0.2) is 11.4 Å². The predicted octanol–water partition coefficient (Wildman–Crippen LogP) is 2.18. The van der Waals surface area contributed by atoms with Gasteiger partial charge in [-0.3, -0.25) is 0 Å². The van der Waals surface area contributed by atoms with E-state index < -0.39 is 0 Å². The van der Waals surface area contributed by atoms with Crippen molar-refractivity contribution in [1.29, 1.82) is 0 Å². The van der Waals surface area contributed by atoms with Crippen LogP contribution in [0.4, 0.5) is 5.95 Å². The molecule has 0 atom stereocenters. The second-order valence-electron chi connectivity index (χ2n) is 3.55. The maximum Gasteiger partial charge on any atom is 0.227 e. The van der Waals surface area contributed by atoms with E-state index in [0.29, 0.717) is 11.1 Å². The minimum Gasteiger partial charge on any atom is -0.378 e. The lowest BCUT2D eigenvalue weighted by atomic mass is 10.4. The maximum absolute atomic E-state index is 6.12. The van der Waals surface area contributed by atoms with Crippen LogP contribution < -0.4 is 4.90 Å². The second kappa shape index (κ2) is 4.16.